The summed E-state index contributed by atoms with van der Waals surface area (Å²) < 4.78 is 39.4. The van der Waals surface area contributed by atoms with Crippen LogP contribution < -0.4 is 21.3 Å². The summed E-state index contributed by atoms with van der Waals surface area (Å²) in [6.45, 7) is 19.1. The van der Waals surface area contributed by atoms with Gasteiger partial charge in [-0.05, 0) is 48.3 Å². The molecule has 0 spiro atoms. The van der Waals surface area contributed by atoms with Crippen molar-refractivity contribution in [3.8, 4) is 0 Å². The Hall–Kier alpha value is -3.65. The maximum absolute atomic E-state index is 14.3. The molecule has 0 saturated carbocycles. The molecule has 2 aliphatic rings. The van der Waals surface area contributed by atoms with Crippen molar-refractivity contribution in [3.63, 3.8) is 0 Å². The van der Waals surface area contributed by atoms with Gasteiger partial charge in [-0.15, -0.1) is 6.58 Å². The van der Waals surface area contributed by atoms with E-state index in [4.69, 9.17) is 0 Å². The molecule has 278 valence electrons. The van der Waals surface area contributed by atoms with Crippen molar-refractivity contribution in [2.24, 2.45) is 22.7 Å². The van der Waals surface area contributed by atoms with Crippen LogP contribution in [-0.2, 0) is 24.0 Å². The van der Waals surface area contributed by atoms with Gasteiger partial charge in [0.1, 0.15) is 18.1 Å². The highest BCUT2D eigenvalue weighted by Crippen LogP contribution is 2.33. The van der Waals surface area contributed by atoms with Crippen molar-refractivity contribution in [2.45, 2.75) is 118 Å². The van der Waals surface area contributed by atoms with Crippen LogP contribution in [0.15, 0.2) is 12.7 Å². The summed E-state index contributed by atoms with van der Waals surface area (Å²) in [6.07, 6.45) is -3.78. The number of hydrogen-bond donors (Lipinski definition) is 4. The number of alkyl halides is 3. The van der Waals surface area contributed by atoms with Crippen LogP contribution >= 0.6 is 0 Å². The van der Waals surface area contributed by atoms with Crippen molar-refractivity contribution >= 4 is 35.4 Å². The molecule has 0 aliphatic carbocycles. The van der Waals surface area contributed by atoms with Gasteiger partial charge in [0.2, 0.25) is 23.5 Å². The summed E-state index contributed by atoms with van der Waals surface area (Å²) in [7, 11) is 0. The molecule has 0 bridgehead atoms. The third-order valence-electron chi connectivity index (χ3n) is 9.04. The average molecular weight is 701 g/mol. The van der Waals surface area contributed by atoms with Crippen LogP contribution in [0, 0.1) is 22.7 Å². The lowest BCUT2D eigenvalue weighted by molar-refractivity contribution is -0.147. The van der Waals surface area contributed by atoms with E-state index in [9.17, 15) is 41.9 Å². The first-order valence-corrected chi connectivity index (χ1v) is 16.9. The monoisotopic (exact) mass is 700 g/mol. The van der Waals surface area contributed by atoms with Crippen LogP contribution in [0.25, 0.3) is 0 Å². The first kappa shape index (κ1) is 41.5. The number of rotatable bonds is 13. The second kappa shape index (κ2) is 16.8. The van der Waals surface area contributed by atoms with Gasteiger partial charge in [0.05, 0.1) is 6.04 Å². The number of amides is 6. The number of carbonyl (C=O) groups excluding carboxylic acids is 6. The largest absolute Gasteiger partial charge is 0.389 e. The van der Waals surface area contributed by atoms with E-state index >= 15 is 0 Å². The predicted octanol–water partition coefficient (Wildman–Crippen LogP) is 3.31. The van der Waals surface area contributed by atoms with E-state index in [1.54, 1.807) is 25.7 Å². The highest BCUT2D eigenvalue weighted by Gasteiger charge is 2.47. The zero-order chi connectivity index (χ0) is 37.5. The molecule has 15 heteroatoms. The summed E-state index contributed by atoms with van der Waals surface area (Å²) in [5.74, 6) is -4.31. The Balaban J connectivity index is 2.36. The Morgan fingerprint density at radius 1 is 0.857 bits per heavy atom. The first-order valence-electron chi connectivity index (χ1n) is 16.9. The molecule has 4 N–H and O–H groups in total. The number of nitrogens with one attached hydrogen (secondary N) is 4. The van der Waals surface area contributed by atoms with Crippen molar-refractivity contribution in [1.82, 2.24) is 31.1 Å². The maximum Gasteiger partial charge on any atom is 0.389 e. The molecule has 2 aliphatic heterocycles. The molecule has 49 heavy (non-hydrogen) atoms. The molecule has 0 radical (unpaired) electrons. The van der Waals surface area contributed by atoms with Crippen LogP contribution in [0.4, 0.5) is 18.0 Å². The lowest BCUT2D eigenvalue weighted by Crippen LogP contribution is -2.62. The van der Waals surface area contributed by atoms with Gasteiger partial charge >= 0.3 is 12.2 Å². The Morgan fingerprint density at radius 2 is 1.39 bits per heavy atom. The number of nitrogens with zero attached hydrogens (tertiary/aromatic N) is 2. The molecular weight excluding hydrogens is 645 g/mol. The molecule has 12 nitrogen and oxygen atoms in total. The van der Waals surface area contributed by atoms with Gasteiger partial charge < -0.3 is 31.1 Å². The van der Waals surface area contributed by atoms with Crippen LogP contribution in [0.1, 0.15) is 87.5 Å². The molecule has 2 fully saturated rings. The Bertz CT molecular complexity index is 1240. The second-order valence-corrected chi connectivity index (χ2v) is 15.6. The minimum Gasteiger partial charge on any atom is -0.346 e. The Kier molecular flexibility index (Phi) is 14.3. The van der Waals surface area contributed by atoms with E-state index in [-0.39, 0.29) is 37.3 Å². The Morgan fingerprint density at radius 3 is 1.86 bits per heavy atom. The average Bonchev–Trinajstić information content (AvgIpc) is 3.68. The lowest BCUT2D eigenvalue weighted by atomic mass is 9.85. The summed E-state index contributed by atoms with van der Waals surface area (Å²) in [4.78, 5) is 83.1. The van der Waals surface area contributed by atoms with Gasteiger partial charge in [-0.3, -0.25) is 24.0 Å². The topological polar surface area (TPSA) is 157 Å². The molecule has 0 aromatic carbocycles. The summed E-state index contributed by atoms with van der Waals surface area (Å²) >= 11 is 0. The predicted molar refractivity (Wildman–Crippen MR) is 178 cm³/mol. The van der Waals surface area contributed by atoms with Gasteiger partial charge in [0, 0.05) is 32.6 Å². The fourth-order valence-corrected chi connectivity index (χ4v) is 5.99. The van der Waals surface area contributed by atoms with Gasteiger partial charge in [0.15, 0.2) is 0 Å². The van der Waals surface area contributed by atoms with E-state index in [2.05, 4.69) is 27.8 Å². The van der Waals surface area contributed by atoms with Crippen molar-refractivity contribution in [1.29, 1.82) is 0 Å². The Labute approximate surface area is 287 Å². The molecule has 6 amide bonds. The van der Waals surface area contributed by atoms with E-state index in [1.165, 1.54) is 11.0 Å². The normalized spacial score (nSPS) is 20.3. The molecule has 5 atom stereocenters. The molecule has 2 rings (SSSR count). The number of ketones is 1. The fraction of sp³-hybridized carbons (Fsp3) is 0.765. The number of halogens is 3. The van der Waals surface area contributed by atoms with Gasteiger partial charge in [-0.2, -0.15) is 13.2 Å². The third kappa shape index (κ3) is 12.0. The lowest BCUT2D eigenvalue weighted by Gasteiger charge is -2.37. The van der Waals surface area contributed by atoms with Crippen molar-refractivity contribution < 1.29 is 41.9 Å². The van der Waals surface area contributed by atoms with E-state index in [1.807, 2.05) is 34.6 Å². The quantitative estimate of drug-likeness (QED) is 0.171. The first-order chi connectivity index (χ1) is 22.5. The second-order valence-electron chi connectivity index (χ2n) is 15.6. The van der Waals surface area contributed by atoms with Crippen molar-refractivity contribution in [3.05, 3.63) is 12.7 Å². The minimum atomic E-state index is -4.66. The van der Waals surface area contributed by atoms with Gasteiger partial charge in [-0.1, -0.05) is 61.5 Å². The molecule has 0 aromatic heterocycles. The SMILES string of the molecule is C=CCNC(=O)C(=O)C(CCC(F)(F)F)NC(=O)[C@@H]1C[C@@H](C(C)C)CN1C(=O)[C@@H](NC(=O)N[C@H](C(=O)N1CCCC1)C(C)(C)C)C(C)(C)C. The highest BCUT2D eigenvalue weighted by molar-refractivity contribution is 6.38. The standard InChI is InChI=1S/C34H55F3N6O6/c1-10-15-38-28(46)24(44)22(13-14-34(35,36)37)39-27(45)23-18-21(20(2)3)19-43(23)30(48)26(33(7,8)9)41-31(49)40-25(32(4,5)6)29(47)42-16-11-12-17-42/h10,20-23,25-26H,1,11-19H2,2-9H3,(H,38,46)(H,39,45)(H2,40,41,49)/t21-,22?,23+,25-,26-/m1/s1. The minimum absolute atomic E-state index is 0.00827. The van der Waals surface area contributed by atoms with Crippen LogP contribution in [0.5, 0.6) is 0 Å². The molecule has 0 aromatic rings. The molecule has 2 saturated heterocycles. The molecule has 1 unspecified atom stereocenters. The van der Waals surface area contributed by atoms with E-state index < -0.39 is 83.6 Å². The van der Waals surface area contributed by atoms with Crippen LogP contribution in [0.2, 0.25) is 0 Å². The fourth-order valence-electron chi connectivity index (χ4n) is 5.99. The van der Waals surface area contributed by atoms with Crippen LogP contribution in [-0.4, -0.2) is 102 Å². The smallest absolute Gasteiger partial charge is 0.346 e. The van der Waals surface area contributed by atoms with Gasteiger partial charge in [-0.25, -0.2) is 4.79 Å². The maximum atomic E-state index is 14.3. The number of Topliss-reactive ketones (excluding diaryl/α,β-unsaturated/α-hetero) is 1. The summed E-state index contributed by atoms with van der Waals surface area (Å²) in [5.41, 5.74) is -1.53. The van der Waals surface area contributed by atoms with Crippen LogP contribution in [0.3, 0.4) is 0 Å². The highest BCUT2D eigenvalue weighted by atomic mass is 19.4. The number of carbonyl (C=O) groups is 6. The molecule has 2 heterocycles. The summed E-state index contributed by atoms with van der Waals surface area (Å²) in [5, 5.41) is 10.0. The number of likely N-dealkylation sites (tertiary alicyclic amines) is 2. The summed E-state index contributed by atoms with van der Waals surface area (Å²) in [6, 6.07) is -5.79. The molecular formula is C34H55F3N6O6. The van der Waals surface area contributed by atoms with Crippen molar-refractivity contribution in [2.75, 3.05) is 26.2 Å². The van der Waals surface area contributed by atoms with E-state index in [0.29, 0.717) is 13.1 Å². The van der Waals surface area contributed by atoms with Gasteiger partial charge in [0.25, 0.3) is 5.91 Å². The van der Waals surface area contributed by atoms with E-state index in [0.717, 1.165) is 12.8 Å². The number of urea groups is 1. The third-order valence-corrected chi connectivity index (χ3v) is 9.04. The zero-order valence-corrected chi connectivity index (χ0v) is 30.1. The zero-order valence-electron chi connectivity index (χ0n) is 30.1. The number of hydrogen-bond acceptors (Lipinski definition) is 6.